The van der Waals surface area contributed by atoms with Crippen molar-refractivity contribution in [3.8, 4) is 11.5 Å². The number of nitrogens with zero attached hydrogens (tertiary/aromatic N) is 3. The second-order valence-corrected chi connectivity index (χ2v) is 7.09. The van der Waals surface area contributed by atoms with Gasteiger partial charge in [-0.1, -0.05) is 12.1 Å². The fourth-order valence-electron chi connectivity index (χ4n) is 3.78. The summed E-state index contributed by atoms with van der Waals surface area (Å²) in [7, 11) is 1.72. The summed E-state index contributed by atoms with van der Waals surface area (Å²) in [5, 5.41) is 2.83. The fraction of sp³-hybridized carbons (Fsp3) is 0.429. The zero-order chi connectivity index (χ0) is 19.3. The first-order valence-corrected chi connectivity index (χ1v) is 9.77. The maximum absolute atomic E-state index is 12.2. The molecule has 0 bridgehead atoms. The highest BCUT2D eigenvalue weighted by Gasteiger charge is 2.28. The molecule has 148 valence electrons. The van der Waals surface area contributed by atoms with E-state index in [0.717, 1.165) is 50.6 Å². The first-order valence-electron chi connectivity index (χ1n) is 9.77. The number of hydrogen-bond donors (Lipinski definition) is 1. The molecular formula is C21H26N4O3. The molecule has 1 amide bonds. The summed E-state index contributed by atoms with van der Waals surface area (Å²) < 4.78 is 11.3. The predicted molar refractivity (Wildman–Crippen MR) is 108 cm³/mol. The van der Waals surface area contributed by atoms with E-state index in [1.54, 1.807) is 13.3 Å². The van der Waals surface area contributed by atoms with Crippen LogP contribution in [0.1, 0.15) is 12.8 Å². The highest BCUT2D eigenvalue weighted by Crippen LogP contribution is 2.29. The highest BCUT2D eigenvalue weighted by atomic mass is 16.5. The van der Waals surface area contributed by atoms with E-state index in [1.807, 2.05) is 30.3 Å². The number of aromatic nitrogens is 1. The Morgan fingerprint density at radius 1 is 1.18 bits per heavy atom. The number of ether oxygens (including phenoxy) is 2. The molecule has 1 aromatic heterocycles. The minimum atomic E-state index is -0.438. The molecule has 2 aromatic rings. The molecule has 4 rings (SSSR count). The molecule has 0 spiro atoms. The normalized spacial score (nSPS) is 19.5. The van der Waals surface area contributed by atoms with Crippen LogP contribution in [-0.2, 0) is 4.79 Å². The Balaban J connectivity index is 1.23. The van der Waals surface area contributed by atoms with Crippen LogP contribution in [0.2, 0.25) is 0 Å². The SMILES string of the molecule is COc1ccccc1N1CCN(CCC[C@@H]2Oc3cccnc3NC2=O)CC1. The number of benzene rings is 1. The first kappa shape index (κ1) is 18.6. The smallest absolute Gasteiger partial charge is 0.266 e. The number of pyridine rings is 1. The molecule has 0 unspecified atom stereocenters. The van der Waals surface area contributed by atoms with E-state index in [2.05, 4.69) is 26.2 Å². The van der Waals surface area contributed by atoms with Crippen molar-refractivity contribution in [3.63, 3.8) is 0 Å². The Morgan fingerprint density at radius 2 is 2.00 bits per heavy atom. The number of hydrogen-bond acceptors (Lipinski definition) is 6. The maximum atomic E-state index is 12.2. The summed E-state index contributed by atoms with van der Waals surface area (Å²) in [4.78, 5) is 21.1. The van der Waals surface area contributed by atoms with Gasteiger partial charge in [-0.15, -0.1) is 0 Å². The van der Waals surface area contributed by atoms with Gasteiger partial charge in [-0.2, -0.15) is 0 Å². The molecule has 3 heterocycles. The topological polar surface area (TPSA) is 66.9 Å². The van der Waals surface area contributed by atoms with Crippen LogP contribution in [0.3, 0.4) is 0 Å². The Bertz CT molecular complexity index is 821. The van der Waals surface area contributed by atoms with Gasteiger partial charge in [0.05, 0.1) is 12.8 Å². The number of methoxy groups -OCH3 is 1. The molecule has 1 fully saturated rings. The summed E-state index contributed by atoms with van der Waals surface area (Å²) in [6, 6.07) is 11.8. The molecule has 0 aliphatic carbocycles. The van der Waals surface area contributed by atoms with Crippen LogP contribution >= 0.6 is 0 Å². The van der Waals surface area contributed by atoms with E-state index < -0.39 is 6.10 Å². The zero-order valence-corrected chi connectivity index (χ0v) is 16.1. The number of para-hydroxylation sites is 2. The largest absolute Gasteiger partial charge is 0.495 e. The van der Waals surface area contributed by atoms with Crippen molar-refractivity contribution in [1.29, 1.82) is 0 Å². The molecule has 1 saturated heterocycles. The van der Waals surface area contributed by atoms with Gasteiger partial charge in [0, 0.05) is 32.4 Å². The van der Waals surface area contributed by atoms with Gasteiger partial charge in [-0.25, -0.2) is 4.98 Å². The van der Waals surface area contributed by atoms with Crippen LogP contribution in [0, 0.1) is 0 Å². The minimum absolute atomic E-state index is 0.104. The Hall–Kier alpha value is -2.80. The van der Waals surface area contributed by atoms with Crippen LogP contribution in [-0.4, -0.2) is 61.7 Å². The maximum Gasteiger partial charge on any atom is 0.266 e. The van der Waals surface area contributed by atoms with E-state index >= 15 is 0 Å². The van der Waals surface area contributed by atoms with Gasteiger partial charge in [-0.05, 0) is 43.7 Å². The lowest BCUT2D eigenvalue weighted by atomic mass is 10.1. The first-order chi connectivity index (χ1) is 13.7. The summed E-state index contributed by atoms with van der Waals surface area (Å²) >= 11 is 0. The lowest BCUT2D eigenvalue weighted by molar-refractivity contribution is -0.123. The number of fused-ring (bicyclic) bond motifs is 1. The third-order valence-electron chi connectivity index (χ3n) is 5.31. The number of carbonyl (C=O) groups is 1. The molecular weight excluding hydrogens is 356 g/mol. The van der Waals surface area contributed by atoms with Gasteiger partial charge in [0.1, 0.15) is 5.75 Å². The van der Waals surface area contributed by atoms with Gasteiger partial charge < -0.3 is 19.7 Å². The van der Waals surface area contributed by atoms with Gasteiger partial charge in [0.25, 0.3) is 5.91 Å². The van der Waals surface area contributed by atoms with Crippen LogP contribution in [0.15, 0.2) is 42.6 Å². The number of carbonyl (C=O) groups excluding carboxylic acids is 1. The van der Waals surface area contributed by atoms with E-state index in [1.165, 1.54) is 0 Å². The van der Waals surface area contributed by atoms with Crippen molar-refractivity contribution in [1.82, 2.24) is 9.88 Å². The van der Waals surface area contributed by atoms with Crippen molar-refractivity contribution in [2.24, 2.45) is 0 Å². The summed E-state index contributed by atoms with van der Waals surface area (Å²) in [5.41, 5.74) is 1.16. The van der Waals surface area contributed by atoms with Crippen LogP contribution in [0.5, 0.6) is 11.5 Å². The average Bonchev–Trinajstić information content (AvgIpc) is 2.74. The van der Waals surface area contributed by atoms with Gasteiger partial charge >= 0.3 is 0 Å². The molecule has 7 nitrogen and oxygen atoms in total. The molecule has 2 aliphatic rings. The standard InChI is InChI=1S/C21H26N4O3/c1-27-17-7-3-2-6-16(17)25-14-12-24(13-15-25)11-5-9-19-21(26)23-20-18(28-19)8-4-10-22-20/h2-4,6-8,10,19H,5,9,11-15H2,1H3,(H,22,23,26)/t19-/m0/s1. The van der Waals surface area contributed by atoms with E-state index in [0.29, 0.717) is 18.0 Å². The van der Waals surface area contributed by atoms with Crippen LogP contribution in [0.4, 0.5) is 11.5 Å². The number of nitrogens with one attached hydrogen (secondary N) is 1. The molecule has 2 aliphatic heterocycles. The highest BCUT2D eigenvalue weighted by molar-refractivity contribution is 5.96. The predicted octanol–water partition coefficient (Wildman–Crippen LogP) is 2.39. The van der Waals surface area contributed by atoms with Crippen molar-refractivity contribution >= 4 is 17.4 Å². The lowest BCUT2D eigenvalue weighted by Crippen LogP contribution is -2.47. The molecule has 1 atom stereocenters. The van der Waals surface area contributed by atoms with E-state index in [9.17, 15) is 4.79 Å². The molecule has 0 radical (unpaired) electrons. The third kappa shape index (κ3) is 4.04. The minimum Gasteiger partial charge on any atom is -0.495 e. The second-order valence-electron chi connectivity index (χ2n) is 7.09. The number of piperazine rings is 1. The number of anilines is 2. The number of rotatable bonds is 6. The average molecular weight is 382 g/mol. The van der Waals surface area contributed by atoms with E-state index in [-0.39, 0.29) is 5.91 Å². The summed E-state index contributed by atoms with van der Waals surface area (Å²) in [6.45, 7) is 4.91. The summed E-state index contributed by atoms with van der Waals surface area (Å²) in [5.74, 6) is 1.98. The molecule has 0 saturated carbocycles. The van der Waals surface area contributed by atoms with E-state index in [4.69, 9.17) is 9.47 Å². The Morgan fingerprint density at radius 3 is 2.82 bits per heavy atom. The fourth-order valence-corrected chi connectivity index (χ4v) is 3.78. The zero-order valence-electron chi connectivity index (χ0n) is 16.1. The van der Waals surface area contributed by atoms with Gasteiger partial charge in [-0.3, -0.25) is 9.69 Å². The summed E-state index contributed by atoms with van der Waals surface area (Å²) in [6.07, 6.45) is 2.83. The van der Waals surface area contributed by atoms with Crippen LogP contribution < -0.4 is 19.7 Å². The van der Waals surface area contributed by atoms with Gasteiger partial charge in [0.15, 0.2) is 17.7 Å². The van der Waals surface area contributed by atoms with Crippen molar-refractivity contribution in [3.05, 3.63) is 42.6 Å². The lowest BCUT2D eigenvalue weighted by Gasteiger charge is -2.36. The second kappa shape index (κ2) is 8.48. The van der Waals surface area contributed by atoms with Crippen LogP contribution in [0.25, 0.3) is 0 Å². The molecule has 1 aromatic carbocycles. The van der Waals surface area contributed by atoms with Crippen molar-refractivity contribution in [2.75, 3.05) is 50.1 Å². The Labute approximate surface area is 165 Å². The van der Waals surface area contributed by atoms with Crippen molar-refractivity contribution in [2.45, 2.75) is 18.9 Å². The quantitative estimate of drug-likeness (QED) is 0.828. The molecule has 28 heavy (non-hydrogen) atoms. The Kier molecular flexibility index (Phi) is 5.62. The monoisotopic (exact) mass is 382 g/mol. The number of amides is 1. The van der Waals surface area contributed by atoms with Crippen molar-refractivity contribution < 1.29 is 14.3 Å². The molecule has 7 heteroatoms. The molecule has 1 N–H and O–H groups in total. The third-order valence-corrected chi connectivity index (χ3v) is 5.31. The van der Waals surface area contributed by atoms with Gasteiger partial charge in [0.2, 0.25) is 0 Å².